The van der Waals surface area contributed by atoms with Gasteiger partial charge in [0.25, 0.3) is 5.69 Å². The molecule has 0 atom stereocenters. The molecule has 6 nitrogen and oxygen atoms in total. The Balaban J connectivity index is 1.88. The predicted octanol–water partition coefficient (Wildman–Crippen LogP) is 2.76. The fourth-order valence-corrected chi connectivity index (χ4v) is 1.56. The van der Waals surface area contributed by atoms with Crippen molar-refractivity contribution in [2.24, 2.45) is 0 Å². The number of nitro benzene ring substituents is 1. The normalized spacial score (nSPS) is 10.0. The zero-order valence-corrected chi connectivity index (χ0v) is 10.6. The maximum Gasteiger partial charge on any atom is 0.273 e. The first-order chi connectivity index (χ1) is 9.66. The number of nitro groups is 1. The Bertz CT molecular complexity index is 585. The molecule has 104 valence electrons. The van der Waals surface area contributed by atoms with Crippen LogP contribution in [-0.2, 0) is 0 Å². The summed E-state index contributed by atoms with van der Waals surface area (Å²) in [5.74, 6) is 0.630. The summed E-state index contributed by atoms with van der Waals surface area (Å²) in [4.78, 5) is 10.1. The van der Waals surface area contributed by atoms with E-state index in [9.17, 15) is 15.2 Å². The number of nitrogens with zero attached hydrogens (tertiary/aromatic N) is 1. The molecule has 0 aliphatic carbocycles. The number of ether oxygens (including phenoxy) is 2. The summed E-state index contributed by atoms with van der Waals surface area (Å²) in [5.41, 5.74) is -0.137. The largest absolute Gasteiger partial charge is 0.504 e. The highest BCUT2D eigenvalue weighted by Crippen LogP contribution is 2.29. The van der Waals surface area contributed by atoms with Gasteiger partial charge in [-0.1, -0.05) is 18.2 Å². The highest BCUT2D eigenvalue weighted by molar-refractivity contribution is 5.47. The molecule has 0 bridgehead atoms. The molecule has 2 aromatic rings. The predicted molar refractivity (Wildman–Crippen MR) is 72.2 cm³/mol. The van der Waals surface area contributed by atoms with Crippen LogP contribution in [0.1, 0.15) is 0 Å². The third-order valence-electron chi connectivity index (χ3n) is 2.51. The second kappa shape index (κ2) is 6.42. The quantitative estimate of drug-likeness (QED) is 0.498. The van der Waals surface area contributed by atoms with Gasteiger partial charge in [-0.15, -0.1) is 0 Å². The van der Waals surface area contributed by atoms with E-state index in [0.717, 1.165) is 0 Å². The Kier molecular flexibility index (Phi) is 4.39. The van der Waals surface area contributed by atoms with Crippen molar-refractivity contribution in [1.29, 1.82) is 0 Å². The number of rotatable bonds is 6. The minimum absolute atomic E-state index is 0.0656. The molecule has 1 N–H and O–H groups in total. The van der Waals surface area contributed by atoms with Crippen molar-refractivity contribution in [2.75, 3.05) is 13.2 Å². The SMILES string of the molecule is O=[N+]([O-])c1ccc(O)c(OCCOc2ccccc2)c1. The highest BCUT2D eigenvalue weighted by atomic mass is 16.6. The zero-order chi connectivity index (χ0) is 14.4. The van der Waals surface area contributed by atoms with E-state index in [4.69, 9.17) is 9.47 Å². The average molecular weight is 275 g/mol. The topological polar surface area (TPSA) is 81.8 Å². The van der Waals surface area contributed by atoms with Gasteiger partial charge in [-0.05, 0) is 18.2 Å². The van der Waals surface area contributed by atoms with Crippen molar-refractivity contribution in [3.05, 3.63) is 58.6 Å². The Labute approximate surface area is 115 Å². The first-order valence-electron chi connectivity index (χ1n) is 5.95. The van der Waals surface area contributed by atoms with Gasteiger partial charge >= 0.3 is 0 Å². The van der Waals surface area contributed by atoms with Crippen LogP contribution in [0.4, 0.5) is 5.69 Å². The van der Waals surface area contributed by atoms with Gasteiger partial charge in [0.15, 0.2) is 11.5 Å². The van der Waals surface area contributed by atoms with Crippen LogP contribution in [0.15, 0.2) is 48.5 Å². The molecule has 0 heterocycles. The van der Waals surface area contributed by atoms with Gasteiger partial charge in [-0.2, -0.15) is 0 Å². The monoisotopic (exact) mass is 275 g/mol. The number of phenols is 1. The van der Waals surface area contributed by atoms with Crippen LogP contribution < -0.4 is 9.47 Å². The second-order valence-corrected chi connectivity index (χ2v) is 3.92. The van der Waals surface area contributed by atoms with Gasteiger partial charge < -0.3 is 14.6 Å². The van der Waals surface area contributed by atoms with Crippen LogP contribution in [0.25, 0.3) is 0 Å². The molecule has 20 heavy (non-hydrogen) atoms. The second-order valence-electron chi connectivity index (χ2n) is 3.92. The maximum atomic E-state index is 10.6. The van der Waals surface area contributed by atoms with Crippen molar-refractivity contribution in [3.8, 4) is 17.2 Å². The maximum absolute atomic E-state index is 10.6. The van der Waals surface area contributed by atoms with E-state index in [1.54, 1.807) is 0 Å². The Morgan fingerprint density at radius 3 is 2.45 bits per heavy atom. The van der Waals surface area contributed by atoms with Gasteiger partial charge in [-0.25, -0.2) is 0 Å². The highest BCUT2D eigenvalue weighted by Gasteiger charge is 2.11. The number of para-hydroxylation sites is 1. The summed E-state index contributed by atoms with van der Waals surface area (Å²) in [6.45, 7) is 0.440. The molecule has 0 aliphatic heterocycles. The zero-order valence-electron chi connectivity index (χ0n) is 10.6. The smallest absolute Gasteiger partial charge is 0.273 e. The van der Waals surface area contributed by atoms with Crippen molar-refractivity contribution < 1.29 is 19.5 Å². The molecule has 2 rings (SSSR count). The van der Waals surface area contributed by atoms with Crippen molar-refractivity contribution in [3.63, 3.8) is 0 Å². The lowest BCUT2D eigenvalue weighted by atomic mass is 10.3. The number of hydrogen-bond acceptors (Lipinski definition) is 5. The summed E-state index contributed by atoms with van der Waals surface area (Å²) in [7, 11) is 0. The van der Waals surface area contributed by atoms with E-state index in [1.165, 1.54) is 18.2 Å². The summed E-state index contributed by atoms with van der Waals surface area (Å²) in [5, 5.41) is 20.2. The molecule has 0 spiro atoms. The van der Waals surface area contributed by atoms with Gasteiger partial charge in [-0.3, -0.25) is 10.1 Å². The lowest BCUT2D eigenvalue weighted by Gasteiger charge is -2.09. The molecule has 2 aromatic carbocycles. The number of benzene rings is 2. The first-order valence-corrected chi connectivity index (χ1v) is 5.95. The number of phenolic OH excluding ortho intramolecular Hbond substituents is 1. The van der Waals surface area contributed by atoms with Crippen LogP contribution in [-0.4, -0.2) is 23.2 Å². The van der Waals surface area contributed by atoms with Gasteiger partial charge in [0, 0.05) is 6.07 Å². The van der Waals surface area contributed by atoms with Crippen LogP contribution >= 0.6 is 0 Å². The van der Waals surface area contributed by atoms with Crippen molar-refractivity contribution in [1.82, 2.24) is 0 Å². The molecule has 0 aromatic heterocycles. The van der Waals surface area contributed by atoms with Gasteiger partial charge in [0.1, 0.15) is 19.0 Å². The molecule has 0 radical (unpaired) electrons. The summed E-state index contributed by atoms with van der Waals surface area (Å²) in [6, 6.07) is 12.8. The van der Waals surface area contributed by atoms with Gasteiger partial charge in [0.2, 0.25) is 0 Å². The van der Waals surface area contributed by atoms with Crippen LogP contribution in [0.3, 0.4) is 0 Å². The lowest BCUT2D eigenvalue weighted by Crippen LogP contribution is -2.09. The standard InChI is InChI=1S/C14H13NO5/c16-13-7-6-11(15(17)18)10-14(13)20-9-8-19-12-4-2-1-3-5-12/h1-7,10,16H,8-9H2. The Morgan fingerprint density at radius 1 is 1.05 bits per heavy atom. The average Bonchev–Trinajstić information content (AvgIpc) is 2.46. The molecule has 6 heteroatoms. The third kappa shape index (κ3) is 3.61. The summed E-state index contributed by atoms with van der Waals surface area (Å²) < 4.78 is 10.7. The van der Waals surface area contributed by atoms with E-state index in [-0.39, 0.29) is 30.4 Å². The van der Waals surface area contributed by atoms with Crippen LogP contribution in [0.2, 0.25) is 0 Å². The molecule has 0 amide bonds. The third-order valence-corrected chi connectivity index (χ3v) is 2.51. The van der Waals surface area contributed by atoms with E-state index < -0.39 is 4.92 Å². The Hall–Kier alpha value is -2.76. The van der Waals surface area contributed by atoms with Gasteiger partial charge in [0.05, 0.1) is 11.0 Å². The van der Waals surface area contributed by atoms with Crippen molar-refractivity contribution in [2.45, 2.75) is 0 Å². The van der Waals surface area contributed by atoms with E-state index in [0.29, 0.717) is 5.75 Å². The molecule has 0 fully saturated rings. The molecule has 0 saturated carbocycles. The molecule has 0 saturated heterocycles. The number of hydrogen-bond donors (Lipinski definition) is 1. The fourth-order valence-electron chi connectivity index (χ4n) is 1.56. The number of non-ortho nitro benzene ring substituents is 1. The van der Waals surface area contributed by atoms with E-state index >= 15 is 0 Å². The minimum Gasteiger partial charge on any atom is -0.504 e. The minimum atomic E-state index is -0.549. The van der Waals surface area contributed by atoms with Crippen molar-refractivity contribution >= 4 is 5.69 Å². The molecule has 0 unspecified atom stereocenters. The van der Waals surface area contributed by atoms with E-state index in [2.05, 4.69) is 0 Å². The molecular weight excluding hydrogens is 262 g/mol. The van der Waals surface area contributed by atoms with Crippen LogP contribution in [0.5, 0.6) is 17.2 Å². The number of aromatic hydroxyl groups is 1. The molecular formula is C14H13NO5. The molecule has 0 aliphatic rings. The first kappa shape index (κ1) is 13.7. The lowest BCUT2D eigenvalue weighted by molar-refractivity contribution is -0.385. The van der Waals surface area contributed by atoms with E-state index in [1.807, 2.05) is 30.3 Å². The Morgan fingerprint density at radius 2 is 1.75 bits per heavy atom. The fraction of sp³-hybridized carbons (Fsp3) is 0.143. The summed E-state index contributed by atoms with van der Waals surface area (Å²) >= 11 is 0. The summed E-state index contributed by atoms with van der Waals surface area (Å²) in [6.07, 6.45) is 0. The van der Waals surface area contributed by atoms with Crippen LogP contribution in [0, 0.1) is 10.1 Å².